The van der Waals surface area contributed by atoms with Crippen LogP contribution in [0.25, 0.3) is 50.0 Å². The van der Waals surface area contributed by atoms with Crippen LogP contribution in [0.5, 0.6) is 0 Å². The lowest BCUT2D eigenvalue weighted by Gasteiger charge is -2.04. The Balaban J connectivity index is 1.63. The number of hydrogen-bond donors (Lipinski definition) is 3. The molecule has 0 aliphatic rings. The van der Waals surface area contributed by atoms with Gasteiger partial charge in [-0.3, -0.25) is 10.1 Å². The molecule has 0 aliphatic heterocycles. The van der Waals surface area contributed by atoms with E-state index in [-0.39, 0.29) is 5.82 Å². The number of pyridine rings is 1. The molecule has 0 atom stereocenters. The van der Waals surface area contributed by atoms with Crippen LogP contribution < -0.4 is 5.73 Å². The summed E-state index contributed by atoms with van der Waals surface area (Å²) < 4.78 is 13.4. The molecule has 0 bridgehead atoms. The average molecular weight is 436 g/mol. The predicted molar refractivity (Wildman–Crippen MR) is 133 cm³/mol. The SMILES string of the molecule is C=C/C(N)=C\C(=C/C)c1ccc2[nH]nc(-c3cc4c(-c5ccc(F)cc5)nccc4[nH]3)c2c1. The Morgan fingerprint density at radius 1 is 1.00 bits per heavy atom. The molecule has 4 N–H and O–H groups in total. The molecule has 0 saturated heterocycles. The first kappa shape index (κ1) is 20.5. The number of rotatable bonds is 5. The summed E-state index contributed by atoms with van der Waals surface area (Å²) in [4.78, 5) is 8.00. The topological polar surface area (TPSA) is 83.4 Å². The van der Waals surface area contributed by atoms with Crippen molar-refractivity contribution in [2.24, 2.45) is 5.73 Å². The van der Waals surface area contributed by atoms with Gasteiger partial charge in [0.1, 0.15) is 11.5 Å². The van der Waals surface area contributed by atoms with E-state index in [2.05, 4.69) is 32.8 Å². The van der Waals surface area contributed by atoms with Crippen LogP contribution in [0.4, 0.5) is 4.39 Å². The van der Waals surface area contributed by atoms with E-state index in [9.17, 15) is 4.39 Å². The number of allylic oxidation sites excluding steroid dienone is 4. The largest absolute Gasteiger partial charge is 0.399 e. The molecule has 0 radical (unpaired) electrons. The van der Waals surface area contributed by atoms with Gasteiger partial charge in [0.25, 0.3) is 0 Å². The molecule has 0 amide bonds. The standard InChI is InChI=1S/C27H22FN5/c1-3-16(13-20(29)4-2)18-7-10-24-21(14-18)27(33-32-24)25-15-22-23(31-25)11-12-30-26(22)17-5-8-19(28)9-6-17/h3-15,31H,2,29H2,1H3,(H,32,33)/b16-3+,20-13+. The van der Waals surface area contributed by atoms with Gasteiger partial charge in [-0.05, 0) is 78.7 Å². The molecule has 0 spiro atoms. The van der Waals surface area contributed by atoms with E-state index in [1.54, 1.807) is 24.4 Å². The summed E-state index contributed by atoms with van der Waals surface area (Å²) in [5.41, 5.74) is 13.8. The summed E-state index contributed by atoms with van der Waals surface area (Å²) >= 11 is 0. The highest BCUT2D eigenvalue weighted by molar-refractivity contribution is 6.00. The molecule has 0 fully saturated rings. The van der Waals surface area contributed by atoms with Crippen LogP contribution in [-0.2, 0) is 0 Å². The summed E-state index contributed by atoms with van der Waals surface area (Å²) in [5.74, 6) is -0.273. The minimum absolute atomic E-state index is 0.273. The number of nitrogens with zero attached hydrogens (tertiary/aromatic N) is 2. The Bertz CT molecular complexity index is 1550. The Labute approximate surface area is 190 Å². The van der Waals surface area contributed by atoms with Crippen molar-refractivity contribution in [2.45, 2.75) is 6.92 Å². The maximum atomic E-state index is 13.4. The number of H-pyrrole nitrogens is 2. The Hall–Kier alpha value is -4.45. The Morgan fingerprint density at radius 3 is 2.55 bits per heavy atom. The zero-order chi connectivity index (χ0) is 22.9. The second-order valence-electron chi connectivity index (χ2n) is 7.74. The van der Waals surface area contributed by atoms with E-state index < -0.39 is 0 Å². The van der Waals surface area contributed by atoms with Crippen molar-refractivity contribution in [1.82, 2.24) is 20.2 Å². The molecule has 5 nitrogen and oxygen atoms in total. The third-order valence-electron chi connectivity index (χ3n) is 5.69. The molecule has 0 saturated carbocycles. The number of nitrogens with one attached hydrogen (secondary N) is 2. The molecule has 162 valence electrons. The summed E-state index contributed by atoms with van der Waals surface area (Å²) in [7, 11) is 0. The second kappa shape index (κ2) is 8.24. The average Bonchev–Trinajstić information content (AvgIpc) is 3.46. The molecule has 5 rings (SSSR count). The first-order valence-corrected chi connectivity index (χ1v) is 10.6. The van der Waals surface area contributed by atoms with Gasteiger partial charge in [0.05, 0.1) is 16.9 Å². The van der Waals surface area contributed by atoms with Crippen LogP contribution in [0, 0.1) is 5.82 Å². The van der Waals surface area contributed by atoms with Gasteiger partial charge in [0.15, 0.2) is 0 Å². The molecule has 0 aliphatic carbocycles. The molecule has 0 unspecified atom stereocenters. The second-order valence-corrected chi connectivity index (χ2v) is 7.74. The van der Waals surface area contributed by atoms with Crippen molar-refractivity contribution < 1.29 is 4.39 Å². The number of fused-ring (bicyclic) bond motifs is 2. The number of nitrogens with two attached hydrogens (primary N) is 1. The van der Waals surface area contributed by atoms with Crippen molar-refractivity contribution in [1.29, 1.82) is 0 Å². The third-order valence-corrected chi connectivity index (χ3v) is 5.69. The van der Waals surface area contributed by atoms with Gasteiger partial charge < -0.3 is 10.7 Å². The van der Waals surface area contributed by atoms with Crippen LogP contribution in [-0.4, -0.2) is 20.2 Å². The van der Waals surface area contributed by atoms with Gasteiger partial charge in [-0.25, -0.2) is 4.39 Å². The van der Waals surface area contributed by atoms with E-state index in [1.807, 2.05) is 43.3 Å². The smallest absolute Gasteiger partial charge is 0.123 e. The molecular weight excluding hydrogens is 413 g/mol. The number of aromatic amines is 2. The van der Waals surface area contributed by atoms with Crippen LogP contribution in [0.3, 0.4) is 0 Å². The number of hydrogen-bond acceptors (Lipinski definition) is 3. The van der Waals surface area contributed by atoms with Crippen molar-refractivity contribution in [2.75, 3.05) is 0 Å². The van der Waals surface area contributed by atoms with E-state index in [0.717, 1.165) is 55.6 Å². The van der Waals surface area contributed by atoms with E-state index in [4.69, 9.17) is 5.73 Å². The van der Waals surface area contributed by atoms with Gasteiger partial charge in [0, 0.05) is 33.7 Å². The van der Waals surface area contributed by atoms with E-state index in [0.29, 0.717) is 5.70 Å². The minimum atomic E-state index is -0.273. The van der Waals surface area contributed by atoms with Crippen LogP contribution in [0.1, 0.15) is 12.5 Å². The Kier molecular flexibility index (Phi) is 5.11. The number of benzene rings is 2. The first-order chi connectivity index (χ1) is 16.1. The lowest BCUT2D eigenvalue weighted by atomic mass is 10.0. The Morgan fingerprint density at radius 2 is 1.79 bits per heavy atom. The number of aromatic nitrogens is 4. The van der Waals surface area contributed by atoms with Crippen LogP contribution >= 0.6 is 0 Å². The molecule has 6 heteroatoms. The van der Waals surface area contributed by atoms with Gasteiger partial charge in [-0.2, -0.15) is 5.10 Å². The molecule has 3 heterocycles. The van der Waals surface area contributed by atoms with Gasteiger partial charge in [-0.1, -0.05) is 18.7 Å². The van der Waals surface area contributed by atoms with Crippen molar-refractivity contribution in [3.05, 3.63) is 103 Å². The summed E-state index contributed by atoms with van der Waals surface area (Å²) in [6.07, 6.45) is 7.29. The highest BCUT2D eigenvalue weighted by Crippen LogP contribution is 2.34. The van der Waals surface area contributed by atoms with E-state index >= 15 is 0 Å². The normalized spacial score (nSPS) is 12.5. The zero-order valence-electron chi connectivity index (χ0n) is 18.1. The van der Waals surface area contributed by atoms with Crippen LogP contribution in [0.2, 0.25) is 0 Å². The molecular formula is C27H22FN5. The summed E-state index contributed by atoms with van der Waals surface area (Å²) in [5, 5.41) is 9.63. The van der Waals surface area contributed by atoms with Crippen molar-refractivity contribution in [3.63, 3.8) is 0 Å². The lowest BCUT2D eigenvalue weighted by molar-refractivity contribution is 0.628. The fraction of sp³-hybridized carbons (Fsp3) is 0.0370. The quantitative estimate of drug-likeness (QED) is 0.282. The zero-order valence-corrected chi connectivity index (χ0v) is 18.1. The van der Waals surface area contributed by atoms with Gasteiger partial charge >= 0.3 is 0 Å². The van der Waals surface area contributed by atoms with Gasteiger partial charge in [-0.15, -0.1) is 0 Å². The summed E-state index contributed by atoms with van der Waals surface area (Å²) in [6, 6.07) is 16.5. The third kappa shape index (κ3) is 3.72. The van der Waals surface area contributed by atoms with Gasteiger partial charge in [0.2, 0.25) is 0 Å². The van der Waals surface area contributed by atoms with Crippen LogP contribution in [0.15, 0.2) is 91.3 Å². The molecule has 3 aromatic heterocycles. The fourth-order valence-electron chi connectivity index (χ4n) is 3.99. The monoisotopic (exact) mass is 435 g/mol. The maximum Gasteiger partial charge on any atom is 0.123 e. The molecule has 2 aromatic carbocycles. The summed E-state index contributed by atoms with van der Waals surface area (Å²) in [6.45, 7) is 5.70. The van der Waals surface area contributed by atoms with Crippen molar-refractivity contribution in [3.8, 4) is 22.6 Å². The molecule has 33 heavy (non-hydrogen) atoms. The predicted octanol–water partition coefficient (Wildman–Crippen LogP) is 6.34. The lowest BCUT2D eigenvalue weighted by Crippen LogP contribution is -1.93. The molecule has 5 aromatic rings. The maximum absolute atomic E-state index is 13.4. The number of halogens is 1. The highest BCUT2D eigenvalue weighted by Gasteiger charge is 2.15. The van der Waals surface area contributed by atoms with Crippen molar-refractivity contribution >= 4 is 27.4 Å². The first-order valence-electron chi connectivity index (χ1n) is 10.6. The van der Waals surface area contributed by atoms with E-state index in [1.165, 1.54) is 12.1 Å². The fourth-order valence-corrected chi connectivity index (χ4v) is 3.99. The highest BCUT2D eigenvalue weighted by atomic mass is 19.1. The minimum Gasteiger partial charge on any atom is -0.399 e.